The Balaban J connectivity index is 2.42. The number of rotatable bonds is 2. The fourth-order valence-electron chi connectivity index (χ4n) is 1.47. The average molecular weight is 213 g/mol. The molecule has 2 aromatic rings. The first-order valence-corrected chi connectivity index (χ1v) is 4.94. The van der Waals surface area contributed by atoms with Crippen molar-refractivity contribution in [2.45, 2.75) is 6.92 Å². The molecular weight excluding hydrogens is 202 g/mol. The summed E-state index contributed by atoms with van der Waals surface area (Å²) in [6.07, 6.45) is 1.55. The zero-order chi connectivity index (χ0) is 11.5. The van der Waals surface area contributed by atoms with Crippen LogP contribution in [-0.2, 0) is 0 Å². The number of nitrogens with zero attached hydrogens (tertiary/aromatic N) is 1. The van der Waals surface area contributed by atoms with Crippen molar-refractivity contribution in [3.63, 3.8) is 0 Å². The molecule has 0 atom stereocenters. The largest absolute Gasteiger partial charge is 0.507 e. The Kier molecular flexibility index (Phi) is 2.68. The minimum atomic E-state index is -0.266. The Labute approximate surface area is 93.4 Å². The summed E-state index contributed by atoms with van der Waals surface area (Å²) in [6, 6.07) is 10.1. The molecule has 0 radical (unpaired) electrons. The van der Waals surface area contributed by atoms with Gasteiger partial charge in [0.25, 0.3) is 0 Å². The lowest BCUT2D eigenvalue weighted by atomic mass is 10.0. The van der Waals surface area contributed by atoms with Gasteiger partial charge in [-0.25, -0.2) is 0 Å². The van der Waals surface area contributed by atoms with Gasteiger partial charge in [0, 0.05) is 6.20 Å². The van der Waals surface area contributed by atoms with Crippen LogP contribution in [0.1, 0.15) is 21.6 Å². The van der Waals surface area contributed by atoms with Crippen LogP contribution in [0.25, 0.3) is 0 Å². The molecule has 80 valence electrons. The van der Waals surface area contributed by atoms with E-state index < -0.39 is 0 Å². The molecule has 1 aromatic carbocycles. The van der Waals surface area contributed by atoms with Gasteiger partial charge in [0.15, 0.2) is 0 Å². The van der Waals surface area contributed by atoms with Crippen LogP contribution in [0, 0.1) is 6.92 Å². The molecule has 0 fully saturated rings. The standard InChI is InChI=1S/C13H11NO2/c1-9-5-6-10(12(15)8-9)13(16)11-4-2-3-7-14-11/h2-8,15H,1H3. The van der Waals surface area contributed by atoms with Gasteiger partial charge in [0.05, 0.1) is 5.56 Å². The maximum atomic E-state index is 12.0. The fraction of sp³-hybridized carbons (Fsp3) is 0.0769. The highest BCUT2D eigenvalue weighted by Gasteiger charge is 2.13. The van der Waals surface area contributed by atoms with Crippen LogP contribution < -0.4 is 0 Å². The zero-order valence-electron chi connectivity index (χ0n) is 8.84. The van der Waals surface area contributed by atoms with Crippen molar-refractivity contribution in [2.75, 3.05) is 0 Å². The zero-order valence-corrected chi connectivity index (χ0v) is 8.84. The van der Waals surface area contributed by atoms with Crippen molar-refractivity contribution >= 4 is 5.78 Å². The molecule has 0 saturated carbocycles. The lowest BCUT2D eigenvalue weighted by Crippen LogP contribution is -2.03. The highest BCUT2D eigenvalue weighted by Crippen LogP contribution is 2.20. The van der Waals surface area contributed by atoms with Crippen molar-refractivity contribution in [1.82, 2.24) is 4.98 Å². The lowest BCUT2D eigenvalue weighted by Gasteiger charge is -2.03. The number of aromatic hydroxyl groups is 1. The molecule has 0 unspecified atom stereocenters. The van der Waals surface area contributed by atoms with Crippen LogP contribution in [0.3, 0.4) is 0 Å². The van der Waals surface area contributed by atoms with Crippen molar-refractivity contribution < 1.29 is 9.90 Å². The molecule has 2 rings (SSSR count). The summed E-state index contributed by atoms with van der Waals surface area (Å²) < 4.78 is 0. The molecular formula is C13H11NO2. The Morgan fingerprint density at radius 3 is 2.69 bits per heavy atom. The van der Waals surface area contributed by atoms with E-state index in [1.807, 2.05) is 6.92 Å². The van der Waals surface area contributed by atoms with Gasteiger partial charge in [-0.05, 0) is 36.8 Å². The first-order chi connectivity index (χ1) is 7.68. The van der Waals surface area contributed by atoms with E-state index >= 15 is 0 Å². The van der Waals surface area contributed by atoms with Gasteiger partial charge in [-0.1, -0.05) is 12.1 Å². The topological polar surface area (TPSA) is 50.2 Å². The average Bonchev–Trinajstić information content (AvgIpc) is 2.29. The molecule has 0 saturated heterocycles. The number of hydrogen-bond donors (Lipinski definition) is 1. The van der Waals surface area contributed by atoms with Crippen LogP contribution >= 0.6 is 0 Å². The minimum Gasteiger partial charge on any atom is -0.507 e. The molecule has 1 N–H and O–H groups in total. The predicted molar refractivity (Wildman–Crippen MR) is 60.5 cm³/mol. The van der Waals surface area contributed by atoms with E-state index in [1.54, 1.807) is 42.6 Å². The maximum absolute atomic E-state index is 12.0. The number of carbonyl (C=O) groups excluding carboxylic acids is 1. The third kappa shape index (κ3) is 1.93. The molecule has 0 spiro atoms. The van der Waals surface area contributed by atoms with Crippen LogP contribution in [0.5, 0.6) is 5.75 Å². The number of phenolic OH excluding ortho intramolecular Hbond substituents is 1. The van der Waals surface area contributed by atoms with Crippen LogP contribution in [-0.4, -0.2) is 15.9 Å². The Morgan fingerprint density at radius 2 is 2.06 bits per heavy atom. The number of carbonyl (C=O) groups is 1. The third-order valence-corrected chi connectivity index (χ3v) is 2.30. The molecule has 16 heavy (non-hydrogen) atoms. The molecule has 0 amide bonds. The van der Waals surface area contributed by atoms with E-state index in [2.05, 4.69) is 4.98 Å². The maximum Gasteiger partial charge on any atom is 0.215 e. The lowest BCUT2D eigenvalue weighted by molar-refractivity contribution is 0.103. The van der Waals surface area contributed by atoms with Crippen molar-refractivity contribution in [3.8, 4) is 5.75 Å². The SMILES string of the molecule is Cc1ccc(C(=O)c2ccccn2)c(O)c1. The van der Waals surface area contributed by atoms with Gasteiger partial charge in [0.1, 0.15) is 11.4 Å². The Morgan fingerprint density at radius 1 is 1.25 bits per heavy atom. The first-order valence-electron chi connectivity index (χ1n) is 4.94. The molecule has 0 aliphatic carbocycles. The third-order valence-electron chi connectivity index (χ3n) is 2.30. The van der Waals surface area contributed by atoms with Crippen LogP contribution in [0.4, 0.5) is 0 Å². The van der Waals surface area contributed by atoms with Gasteiger partial charge in [0.2, 0.25) is 5.78 Å². The number of aromatic nitrogens is 1. The van der Waals surface area contributed by atoms with E-state index in [1.165, 1.54) is 0 Å². The number of benzene rings is 1. The van der Waals surface area contributed by atoms with Crippen molar-refractivity contribution in [2.24, 2.45) is 0 Å². The first kappa shape index (κ1) is 10.4. The summed E-state index contributed by atoms with van der Waals surface area (Å²) in [7, 11) is 0. The van der Waals surface area contributed by atoms with Crippen molar-refractivity contribution in [1.29, 1.82) is 0 Å². The van der Waals surface area contributed by atoms with E-state index in [0.29, 0.717) is 5.69 Å². The van der Waals surface area contributed by atoms with Gasteiger partial charge < -0.3 is 5.11 Å². The summed E-state index contributed by atoms with van der Waals surface area (Å²) in [5.74, 6) is -0.270. The summed E-state index contributed by atoms with van der Waals surface area (Å²) in [6.45, 7) is 1.86. The minimum absolute atomic E-state index is 0.00402. The van der Waals surface area contributed by atoms with Gasteiger partial charge in [-0.3, -0.25) is 9.78 Å². The number of hydrogen-bond acceptors (Lipinski definition) is 3. The second-order valence-corrected chi connectivity index (χ2v) is 3.56. The summed E-state index contributed by atoms with van der Waals surface area (Å²) in [5.41, 5.74) is 1.53. The Bertz CT molecular complexity index is 521. The predicted octanol–water partition coefficient (Wildman–Crippen LogP) is 2.33. The highest BCUT2D eigenvalue weighted by molar-refractivity contribution is 6.09. The molecule has 3 nitrogen and oxygen atoms in total. The fourth-order valence-corrected chi connectivity index (χ4v) is 1.47. The number of phenols is 1. The quantitative estimate of drug-likeness (QED) is 0.779. The number of ketones is 1. The summed E-state index contributed by atoms with van der Waals surface area (Å²) >= 11 is 0. The van der Waals surface area contributed by atoms with Crippen LogP contribution in [0.15, 0.2) is 42.6 Å². The molecule has 0 bridgehead atoms. The van der Waals surface area contributed by atoms with Gasteiger partial charge >= 0.3 is 0 Å². The normalized spacial score (nSPS) is 10.1. The molecule has 1 aromatic heterocycles. The van der Waals surface area contributed by atoms with Gasteiger partial charge in [-0.2, -0.15) is 0 Å². The molecule has 1 heterocycles. The van der Waals surface area contributed by atoms with E-state index in [0.717, 1.165) is 5.56 Å². The molecule has 0 aliphatic heterocycles. The molecule has 0 aliphatic rings. The summed E-state index contributed by atoms with van der Waals surface area (Å²) in [5, 5.41) is 9.67. The molecule has 3 heteroatoms. The smallest absolute Gasteiger partial charge is 0.215 e. The van der Waals surface area contributed by atoms with E-state index in [9.17, 15) is 9.90 Å². The van der Waals surface area contributed by atoms with E-state index in [4.69, 9.17) is 0 Å². The number of aryl methyl sites for hydroxylation is 1. The second-order valence-electron chi connectivity index (χ2n) is 3.56. The second kappa shape index (κ2) is 4.14. The summed E-state index contributed by atoms with van der Waals surface area (Å²) in [4.78, 5) is 15.9. The van der Waals surface area contributed by atoms with Crippen molar-refractivity contribution in [3.05, 3.63) is 59.4 Å². The Hall–Kier alpha value is -2.16. The van der Waals surface area contributed by atoms with Crippen LogP contribution in [0.2, 0.25) is 0 Å². The monoisotopic (exact) mass is 213 g/mol. The van der Waals surface area contributed by atoms with Gasteiger partial charge in [-0.15, -0.1) is 0 Å². The van der Waals surface area contributed by atoms with E-state index in [-0.39, 0.29) is 17.1 Å². The number of pyridine rings is 1. The highest BCUT2D eigenvalue weighted by atomic mass is 16.3.